The third kappa shape index (κ3) is 3.98. The number of thiazole rings is 1. The van der Waals surface area contributed by atoms with E-state index in [4.69, 9.17) is 4.74 Å². The van der Waals surface area contributed by atoms with Crippen LogP contribution in [0.1, 0.15) is 28.3 Å². The van der Waals surface area contributed by atoms with Crippen molar-refractivity contribution in [1.82, 2.24) is 4.98 Å². The number of rotatable bonds is 5. The molecule has 0 radical (unpaired) electrons. The molecule has 0 spiro atoms. The van der Waals surface area contributed by atoms with Crippen LogP contribution in [0.3, 0.4) is 0 Å². The molecule has 4 aromatic rings. The van der Waals surface area contributed by atoms with Gasteiger partial charge >= 0.3 is 4.87 Å². The summed E-state index contributed by atoms with van der Waals surface area (Å²) in [7, 11) is 0. The SMILES string of the molecule is O=C1[C@H]2[C@H]3C[C@@H]([C@@H]2C(=O)N1c1ccc(F)cc1)[C@H]1[C@H](c2cc(Br)ccc2OCc2ccccc2)c2sc(=O)[nH]c2S[C@H]31. The minimum atomic E-state index is -0.435. The van der Waals surface area contributed by atoms with Crippen molar-refractivity contribution in [3.63, 3.8) is 0 Å². The number of nitrogens with zero attached hydrogens (tertiary/aromatic N) is 1. The molecule has 1 N–H and O–H groups in total. The number of hydrogen-bond acceptors (Lipinski definition) is 6. The molecule has 2 aliphatic heterocycles. The number of thioether (sulfide) groups is 1. The topological polar surface area (TPSA) is 79.5 Å². The zero-order chi connectivity index (χ0) is 28.7. The first kappa shape index (κ1) is 26.4. The Morgan fingerprint density at radius 2 is 1.69 bits per heavy atom. The van der Waals surface area contributed by atoms with Crippen molar-refractivity contribution in [2.75, 3.05) is 4.90 Å². The van der Waals surface area contributed by atoms with Crippen molar-refractivity contribution in [3.8, 4) is 5.75 Å². The lowest BCUT2D eigenvalue weighted by atomic mass is 9.68. The molecule has 3 fully saturated rings. The van der Waals surface area contributed by atoms with Gasteiger partial charge in [-0.2, -0.15) is 0 Å². The number of carbonyl (C=O) groups excluding carboxylic acids is 2. The van der Waals surface area contributed by atoms with Crippen LogP contribution in [0.4, 0.5) is 10.1 Å². The number of amides is 2. The second-order valence-electron chi connectivity index (χ2n) is 11.4. The molecule has 2 amide bonds. The molecule has 8 rings (SSSR count). The summed E-state index contributed by atoms with van der Waals surface area (Å²) in [6, 6.07) is 21.5. The van der Waals surface area contributed by atoms with Gasteiger partial charge in [0, 0.05) is 26.1 Å². The van der Waals surface area contributed by atoms with Gasteiger partial charge in [-0.15, -0.1) is 11.8 Å². The van der Waals surface area contributed by atoms with E-state index in [1.165, 1.54) is 40.5 Å². The monoisotopic (exact) mass is 662 g/mol. The van der Waals surface area contributed by atoms with Gasteiger partial charge in [-0.05, 0) is 72.2 Å². The van der Waals surface area contributed by atoms with Crippen LogP contribution in [-0.4, -0.2) is 22.0 Å². The summed E-state index contributed by atoms with van der Waals surface area (Å²) < 4.78 is 21.0. The van der Waals surface area contributed by atoms with Crippen molar-refractivity contribution in [2.24, 2.45) is 29.6 Å². The Morgan fingerprint density at radius 3 is 2.45 bits per heavy atom. The smallest absolute Gasteiger partial charge is 0.305 e. The summed E-state index contributed by atoms with van der Waals surface area (Å²) in [5.74, 6) is -1.08. The number of nitrogens with one attached hydrogen (secondary N) is 1. The predicted molar refractivity (Wildman–Crippen MR) is 162 cm³/mol. The van der Waals surface area contributed by atoms with Crippen molar-refractivity contribution in [2.45, 2.75) is 29.2 Å². The molecule has 6 nitrogen and oxygen atoms in total. The van der Waals surface area contributed by atoms with Crippen LogP contribution in [0, 0.1) is 35.4 Å². The number of anilines is 1. The number of aromatic amines is 1. The Kier molecular flexibility index (Phi) is 6.24. The number of benzene rings is 3. The van der Waals surface area contributed by atoms with Crippen molar-refractivity contribution >= 4 is 56.5 Å². The Bertz CT molecular complexity index is 1790. The highest BCUT2D eigenvalue weighted by atomic mass is 79.9. The standard InChI is InChI=1S/C32H24BrFN2O4S2/c33-16-6-11-22(40-14-15-4-2-1-3-5-15)19(12-16)23-24-20-13-21(27(24)41-29-28(23)42-32(39)35-29)26-25(20)30(37)36(31(26)38)18-9-7-17(34)8-10-18/h1-12,20-21,23-27H,13-14H2,(H,35,39)/t20-,21-,23+,24+,25+,26+,27-/m1/s1. The number of halogens is 2. The van der Waals surface area contributed by atoms with Gasteiger partial charge in [0.1, 0.15) is 18.2 Å². The molecule has 7 atom stereocenters. The van der Waals surface area contributed by atoms with Gasteiger partial charge in [0.25, 0.3) is 0 Å². The first-order valence-corrected chi connectivity index (χ1v) is 16.4. The number of carbonyl (C=O) groups is 2. The van der Waals surface area contributed by atoms with Crippen LogP contribution in [0.2, 0.25) is 0 Å². The predicted octanol–water partition coefficient (Wildman–Crippen LogP) is 6.59. The quantitative estimate of drug-likeness (QED) is 0.244. The average Bonchev–Trinajstić information content (AvgIpc) is 3.72. The van der Waals surface area contributed by atoms with Crippen molar-refractivity contribution < 1.29 is 18.7 Å². The normalized spacial score (nSPS) is 29.0. The zero-order valence-electron chi connectivity index (χ0n) is 22.0. The summed E-state index contributed by atoms with van der Waals surface area (Å²) in [6.45, 7) is 0.400. The maximum atomic E-state index is 13.9. The molecule has 10 heteroatoms. The first-order valence-electron chi connectivity index (χ1n) is 13.9. The van der Waals surface area contributed by atoms with E-state index in [1.807, 2.05) is 42.5 Å². The highest BCUT2D eigenvalue weighted by molar-refractivity contribution is 9.10. The maximum absolute atomic E-state index is 13.9. The fourth-order valence-electron chi connectivity index (χ4n) is 7.84. The van der Waals surface area contributed by atoms with Crippen LogP contribution < -0.4 is 14.5 Å². The third-order valence-corrected chi connectivity index (χ3v) is 12.4. The molecule has 42 heavy (non-hydrogen) atoms. The molecule has 212 valence electrons. The Balaban J connectivity index is 1.21. The lowest BCUT2D eigenvalue weighted by molar-refractivity contribution is -0.123. The van der Waals surface area contributed by atoms with E-state index in [-0.39, 0.29) is 45.6 Å². The van der Waals surface area contributed by atoms with E-state index >= 15 is 0 Å². The van der Waals surface area contributed by atoms with E-state index < -0.39 is 17.7 Å². The van der Waals surface area contributed by atoms with E-state index in [1.54, 1.807) is 11.8 Å². The van der Waals surface area contributed by atoms with Gasteiger partial charge in [0.15, 0.2) is 0 Å². The number of H-pyrrole nitrogens is 1. The van der Waals surface area contributed by atoms with Gasteiger partial charge in [-0.3, -0.25) is 19.3 Å². The van der Waals surface area contributed by atoms with E-state index in [0.29, 0.717) is 12.3 Å². The lowest BCUT2D eigenvalue weighted by Gasteiger charge is -2.43. The fourth-order valence-corrected chi connectivity index (χ4v) is 11.1. The zero-order valence-corrected chi connectivity index (χ0v) is 25.3. The summed E-state index contributed by atoms with van der Waals surface area (Å²) >= 11 is 6.54. The van der Waals surface area contributed by atoms with E-state index in [0.717, 1.165) is 37.7 Å². The van der Waals surface area contributed by atoms with Gasteiger partial charge in [-0.25, -0.2) is 4.39 Å². The largest absolute Gasteiger partial charge is 0.489 e. The number of aromatic nitrogens is 1. The third-order valence-electron chi connectivity index (χ3n) is 9.35. The molecule has 1 saturated heterocycles. The summed E-state index contributed by atoms with van der Waals surface area (Å²) in [5, 5.41) is 0.909. The van der Waals surface area contributed by atoms with Crippen molar-refractivity contribution in [3.05, 3.63) is 109 Å². The summed E-state index contributed by atoms with van der Waals surface area (Å²) in [4.78, 5) is 45.6. The van der Waals surface area contributed by atoms with Crippen LogP contribution >= 0.6 is 39.0 Å². The average molecular weight is 664 g/mol. The fraction of sp³-hybridized carbons (Fsp3) is 0.281. The van der Waals surface area contributed by atoms with Gasteiger partial charge in [-0.1, -0.05) is 57.6 Å². The highest BCUT2D eigenvalue weighted by Gasteiger charge is 2.69. The van der Waals surface area contributed by atoms with Gasteiger partial charge in [0.2, 0.25) is 11.8 Å². The molecule has 2 aliphatic carbocycles. The summed E-state index contributed by atoms with van der Waals surface area (Å²) in [5.41, 5.74) is 2.44. The molecule has 3 heterocycles. The van der Waals surface area contributed by atoms with Gasteiger partial charge < -0.3 is 9.72 Å². The second kappa shape index (κ2) is 9.92. The Morgan fingerprint density at radius 1 is 0.952 bits per heavy atom. The first-order chi connectivity index (χ1) is 20.4. The van der Waals surface area contributed by atoms with E-state index in [2.05, 4.69) is 27.0 Å². The Labute approximate surface area is 257 Å². The van der Waals surface area contributed by atoms with Crippen LogP contribution in [0.15, 0.2) is 87.1 Å². The molecular weight excluding hydrogens is 639 g/mol. The molecule has 0 unspecified atom stereocenters. The molecule has 3 aromatic carbocycles. The second-order valence-corrected chi connectivity index (χ2v) is 14.5. The number of fused-ring (bicyclic) bond motifs is 9. The van der Waals surface area contributed by atoms with Crippen LogP contribution in [-0.2, 0) is 16.2 Å². The number of hydrogen-bond donors (Lipinski definition) is 1. The number of imide groups is 1. The minimum Gasteiger partial charge on any atom is -0.489 e. The number of ether oxygens (including phenoxy) is 1. The molecule has 4 aliphatic rings. The summed E-state index contributed by atoms with van der Waals surface area (Å²) in [6.07, 6.45) is 0.788. The highest BCUT2D eigenvalue weighted by Crippen LogP contribution is 2.69. The molecule has 2 bridgehead atoms. The van der Waals surface area contributed by atoms with E-state index in [9.17, 15) is 18.8 Å². The van der Waals surface area contributed by atoms with Gasteiger partial charge in [0.05, 0.1) is 22.5 Å². The maximum Gasteiger partial charge on any atom is 0.305 e. The molecular formula is C32H24BrFN2O4S2. The Hall–Kier alpha value is -3.21. The van der Waals surface area contributed by atoms with Crippen LogP contribution in [0.5, 0.6) is 5.75 Å². The molecule has 1 aromatic heterocycles. The van der Waals surface area contributed by atoms with Crippen molar-refractivity contribution in [1.29, 1.82) is 0 Å². The molecule has 2 saturated carbocycles. The minimum absolute atomic E-state index is 0.00297. The van der Waals surface area contributed by atoms with Crippen LogP contribution in [0.25, 0.3) is 0 Å². The lowest BCUT2D eigenvalue weighted by Crippen LogP contribution is -2.42.